The van der Waals surface area contributed by atoms with Crippen LogP contribution in [-0.2, 0) is 4.74 Å². The number of aromatic amines is 1. The fourth-order valence-electron chi connectivity index (χ4n) is 2.32. The van der Waals surface area contributed by atoms with E-state index < -0.39 is 11.7 Å². The molecule has 7 heteroatoms. The summed E-state index contributed by atoms with van der Waals surface area (Å²) in [6.45, 7) is 1.88. The van der Waals surface area contributed by atoms with Crippen LogP contribution in [0.4, 0.5) is 5.00 Å². The number of hydrogen-bond donors (Lipinski definition) is 2. The number of H-pyrrole nitrogens is 1. The Labute approximate surface area is 123 Å². The van der Waals surface area contributed by atoms with Crippen LogP contribution in [0.2, 0.25) is 0 Å². The van der Waals surface area contributed by atoms with Crippen LogP contribution < -0.4 is 11.5 Å². The summed E-state index contributed by atoms with van der Waals surface area (Å²) < 4.78 is 9.84. The molecule has 3 rings (SSSR count). The summed E-state index contributed by atoms with van der Waals surface area (Å²) in [6.07, 6.45) is 0. The lowest BCUT2D eigenvalue weighted by Crippen LogP contribution is -2.04. The summed E-state index contributed by atoms with van der Waals surface area (Å²) >= 11 is 1.32. The maximum absolute atomic E-state index is 11.9. The Kier molecular flexibility index (Phi) is 3.06. The monoisotopic (exact) mass is 304 g/mol. The third-order valence-corrected chi connectivity index (χ3v) is 4.15. The number of nitrogens with two attached hydrogens (primary N) is 1. The highest BCUT2D eigenvalue weighted by Gasteiger charge is 2.22. The number of thiophene rings is 1. The zero-order valence-corrected chi connectivity index (χ0v) is 12.2. The summed E-state index contributed by atoms with van der Waals surface area (Å²) in [5.74, 6) is -1.00. The number of ether oxygens (including phenoxy) is 1. The largest absolute Gasteiger partial charge is 0.465 e. The second kappa shape index (κ2) is 4.78. The number of carbonyl (C=O) groups excluding carboxylic acids is 1. The van der Waals surface area contributed by atoms with E-state index >= 15 is 0 Å². The number of methoxy groups -OCH3 is 1. The number of aromatic nitrogens is 1. The van der Waals surface area contributed by atoms with Crippen molar-refractivity contribution in [1.82, 2.24) is 4.98 Å². The van der Waals surface area contributed by atoms with Gasteiger partial charge in [0.15, 0.2) is 5.58 Å². The Morgan fingerprint density at radius 2 is 2.19 bits per heavy atom. The van der Waals surface area contributed by atoms with Crippen LogP contribution >= 0.6 is 11.3 Å². The van der Waals surface area contributed by atoms with Gasteiger partial charge in [-0.15, -0.1) is 11.3 Å². The second-order valence-electron chi connectivity index (χ2n) is 4.49. The van der Waals surface area contributed by atoms with Crippen molar-refractivity contribution < 1.29 is 13.9 Å². The number of benzene rings is 1. The van der Waals surface area contributed by atoms with Crippen LogP contribution in [0.5, 0.6) is 0 Å². The van der Waals surface area contributed by atoms with Gasteiger partial charge in [-0.1, -0.05) is 6.07 Å². The number of fused-ring (bicyclic) bond motifs is 1. The van der Waals surface area contributed by atoms with Crippen molar-refractivity contribution in [2.45, 2.75) is 6.92 Å². The first-order valence-corrected chi connectivity index (χ1v) is 6.93. The summed E-state index contributed by atoms with van der Waals surface area (Å²) in [4.78, 5) is 26.6. The molecule has 0 spiro atoms. The molecule has 0 aliphatic heterocycles. The Bertz CT molecular complexity index is 903. The summed E-state index contributed by atoms with van der Waals surface area (Å²) in [5, 5.41) is 0.407. The number of nitrogens with one attached hydrogen (secondary N) is 1. The molecular weight excluding hydrogens is 292 g/mol. The lowest BCUT2D eigenvalue weighted by molar-refractivity contribution is 0.0603. The number of aryl methyl sites for hydroxylation is 1. The molecule has 1 aromatic carbocycles. The van der Waals surface area contributed by atoms with E-state index in [1.807, 2.05) is 6.92 Å². The van der Waals surface area contributed by atoms with Crippen LogP contribution in [0.1, 0.15) is 15.2 Å². The van der Waals surface area contributed by atoms with E-state index in [2.05, 4.69) is 4.98 Å². The molecule has 0 unspecified atom stereocenters. The van der Waals surface area contributed by atoms with Gasteiger partial charge in [-0.25, -0.2) is 9.59 Å². The molecular formula is C14H12N2O4S. The van der Waals surface area contributed by atoms with E-state index in [0.29, 0.717) is 27.2 Å². The van der Waals surface area contributed by atoms with Gasteiger partial charge in [0.2, 0.25) is 0 Å². The molecule has 0 aliphatic rings. The number of rotatable bonds is 2. The van der Waals surface area contributed by atoms with Gasteiger partial charge in [0.25, 0.3) is 0 Å². The van der Waals surface area contributed by atoms with Crippen LogP contribution in [-0.4, -0.2) is 18.1 Å². The van der Waals surface area contributed by atoms with Crippen molar-refractivity contribution in [2.24, 2.45) is 0 Å². The molecule has 0 saturated carbocycles. The van der Waals surface area contributed by atoms with Gasteiger partial charge in [0.05, 0.1) is 12.6 Å². The number of hydrogen-bond acceptors (Lipinski definition) is 6. The highest BCUT2D eigenvalue weighted by Crippen LogP contribution is 2.39. The van der Waals surface area contributed by atoms with Crippen LogP contribution in [0, 0.1) is 6.92 Å². The molecule has 3 N–H and O–H groups in total. The van der Waals surface area contributed by atoms with Crippen molar-refractivity contribution >= 4 is 33.4 Å². The summed E-state index contributed by atoms with van der Waals surface area (Å²) in [7, 11) is 1.31. The van der Waals surface area contributed by atoms with Gasteiger partial charge in [-0.3, -0.25) is 4.98 Å². The van der Waals surface area contributed by atoms with Crippen molar-refractivity contribution in [2.75, 3.05) is 12.8 Å². The molecule has 2 aromatic heterocycles. The van der Waals surface area contributed by atoms with E-state index in [-0.39, 0.29) is 0 Å². The predicted molar refractivity (Wildman–Crippen MR) is 80.6 cm³/mol. The molecule has 0 bridgehead atoms. The Balaban J connectivity index is 2.26. The minimum atomic E-state index is -0.517. The lowest BCUT2D eigenvalue weighted by atomic mass is 10.0. The molecule has 0 atom stereocenters. The van der Waals surface area contributed by atoms with Crippen LogP contribution in [0.3, 0.4) is 0 Å². The first-order valence-electron chi connectivity index (χ1n) is 6.11. The van der Waals surface area contributed by atoms with Crippen molar-refractivity contribution in [1.29, 1.82) is 0 Å². The molecule has 2 heterocycles. The minimum Gasteiger partial charge on any atom is -0.465 e. The zero-order valence-electron chi connectivity index (χ0n) is 11.4. The van der Waals surface area contributed by atoms with Crippen LogP contribution in [0.25, 0.3) is 22.2 Å². The highest BCUT2D eigenvalue weighted by molar-refractivity contribution is 7.16. The first kappa shape index (κ1) is 13.4. The average molecular weight is 304 g/mol. The first-order chi connectivity index (χ1) is 10.0. The van der Waals surface area contributed by atoms with E-state index in [0.717, 1.165) is 10.4 Å². The topological polar surface area (TPSA) is 98.3 Å². The quantitative estimate of drug-likeness (QED) is 0.709. The normalized spacial score (nSPS) is 11.0. The minimum absolute atomic E-state index is 0.345. The standard InChI is InChI=1S/C14H12N2O4S/c1-6-10(11(12(15)21-6)13(17)19-2)7-3-4-8-9(5-7)20-14(18)16-8/h3-5H,15H2,1-2H3,(H,16,18). The fourth-order valence-corrected chi connectivity index (χ4v) is 3.26. The van der Waals surface area contributed by atoms with Crippen LogP contribution in [0.15, 0.2) is 27.4 Å². The Morgan fingerprint density at radius 1 is 1.43 bits per heavy atom. The van der Waals surface area contributed by atoms with Gasteiger partial charge in [0.1, 0.15) is 10.6 Å². The molecule has 21 heavy (non-hydrogen) atoms. The van der Waals surface area contributed by atoms with E-state index in [1.165, 1.54) is 18.4 Å². The zero-order chi connectivity index (χ0) is 15.1. The Hall–Kier alpha value is -2.54. The predicted octanol–water partition coefficient (Wildman–Crippen LogP) is 2.53. The molecule has 0 fully saturated rings. The van der Waals surface area contributed by atoms with Gasteiger partial charge < -0.3 is 14.9 Å². The highest BCUT2D eigenvalue weighted by atomic mass is 32.1. The lowest BCUT2D eigenvalue weighted by Gasteiger charge is -2.05. The number of carbonyl (C=O) groups is 1. The molecule has 0 aliphatic carbocycles. The van der Waals surface area contributed by atoms with E-state index in [4.69, 9.17) is 14.9 Å². The van der Waals surface area contributed by atoms with E-state index in [9.17, 15) is 9.59 Å². The van der Waals surface area contributed by atoms with E-state index in [1.54, 1.807) is 18.2 Å². The fraction of sp³-hybridized carbons (Fsp3) is 0.143. The number of anilines is 1. The molecule has 6 nitrogen and oxygen atoms in total. The number of esters is 1. The molecule has 0 saturated heterocycles. The molecule has 0 radical (unpaired) electrons. The third-order valence-electron chi connectivity index (χ3n) is 3.21. The number of nitrogen functional groups attached to an aromatic ring is 1. The number of oxazole rings is 1. The summed E-state index contributed by atoms with van der Waals surface area (Å²) in [5.41, 5.74) is 8.74. The molecule has 3 aromatic rings. The summed E-state index contributed by atoms with van der Waals surface area (Å²) in [6, 6.07) is 5.23. The molecule has 108 valence electrons. The van der Waals surface area contributed by atoms with Gasteiger partial charge in [-0.2, -0.15) is 0 Å². The average Bonchev–Trinajstić information content (AvgIpc) is 2.95. The maximum atomic E-state index is 11.9. The SMILES string of the molecule is COC(=O)c1c(N)sc(C)c1-c1ccc2[nH]c(=O)oc2c1. The van der Waals surface area contributed by atoms with Gasteiger partial charge in [0, 0.05) is 10.4 Å². The van der Waals surface area contributed by atoms with Gasteiger partial charge >= 0.3 is 11.7 Å². The van der Waals surface area contributed by atoms with Crippen molar-refractivity contribution in [3.05, 3.63) is 39.2 Å². The molecule has 0 amide bonds. The second-order valence-corrected chi connectivity index (χ2v) is 5.75. The third kappa shape index (κ3) is 2.11. The van der Waals surface area contributed by atoms with Crippen molar-refractivity contribution in [3.8, 4) is 11.1 Å². The Morgan fingerprint density at radius 3 is 2.90 bits per heavy atom. The smallest absolute Gasteiger partial charge is 0.417 e. The van der Waals surface area contributed by atoms with Gasteiger partial charge in [-0.05, 0) is 24.6 Å². The maximum Gasteiger partial charge on any atom is 0.417 e. The van der Waals surface area contributed by atoms with Crippen molar-refractivity contribution in [3.63, 3.8) is 0 Å².